The van der Waals surface area contributed by atoms with Gasteiger partial charge in [0.2, 0.25) is 0 Å². The maximum atomic E-state index is 4.50. The van der Waals surface area contributed by atoms with Gasteiger partial charge in [-0.1, -0.05) is 38.4 Å². The Balaban J connectivity index is 1.99. The van der Waals surface area contributed by atoms with Gasteiger partial charge in [0, 0.05) is 50.1 Å². The molecule has 0 amide bonds. The first-order chi connectivity index (χ1) is 6.55. The van der Waals surface area contributed by atoms with Gasteiger partial charge in [0.05, 0.1) is 0 Å². The van der Waals surface area contributed by atoms with E-state index < -0.39 is 0 Å². The summed E-state index contributed by atoms with van der Waals surface area (Å²) in [5, 5.41) is 0. The molecule has 14 heavy (non-hydrogen) atoms. The van der Waals surface area contributed by atoms with Crippen LogP contribution in [0, 0.1) is 10.8 Å². The van der Waals surface area contributed by atoms with E-state index in [0.29, 0.717) is 10.8 Å². The highest BCUT2D eigenvalue weighted by molar-refractivity contribution is 7.78. The highest BCUT2D eigenvalue weighted by Crippen LogP contribution is 2.57. The number of hydrogen-bond acceptors (Lipinski definition) is 6. The molecule has 0 bridgehead atoms. The van der Waals surface area contributed by atoms with E-state index in [9.17, 15) is 0 Å². The molecule has 0 aliphatic carbocycles. The molecular weight excluding hydrogens is 234 g/mol. The van der Waals surface area contributed by atoms with Crippen molar-refractivity contribution >= 4 is 38.4 Å². The summed E-state index contributed by atoms with van der Waals surface area (Å²) in [5.41, 5.74) is 0.719. The average Bonchev–Trinajstić information content (AvgIpc) is 2.39. The molecule has 3 fully saturated rings. The van der Waals surface area contributed by atoms with E-state index in [1.807, 2.05) is 0 Å². The molecular formula is C8H15N3S3. The Kier molecular flexibility index (Phi) is 2.16. The molecule has 3 heterocycles. The van der Waals surface area contributed by atoms with Crippen molar-refractivity contribution in [2.45, 2.75) is 0 Å². The minimum atomic E-state index is 0.359. The largest absolute Gasteiger partial charge is 0.252 e. The molecule has 3 aliphatic rings. The third-order valence-electron chi connectivity index (χ3n) is 4.04. The summed E-state index contributed by atoms with van der Waals surface area (Å²) in [4.78, 5) is 0. The maximum Gasteiger partial charge on any atom is 0.0207 e. The first-order valence-electron chi connectivity index (χ1n) is 4.87. The lowest BCUT2D eigenvalue weighted by Crippen LogP contribution is -2.38. The van der Waals surface area contributed by atoms with Gasteiger partial charge in [-0.25, -0.2) is 0 Å². The lowest BCUT2D eigenvalue weighted by molar-refractivity contribution is 0.241. The van der Waals surface area contributed by atoms with Crippen molar-refractivity contribution in [3.8, 4) is 0 Å². The van der Waals surface area contributed by atoms with E-state index in [-0.39, 0.29) is 0 Å². The van der Waals surface area contributed by atoms with Gasteiger partial charge in [-0.05, 0) is 0 Å². The highest BCUT2D eigenvalue weighted by Gasteiger charge is 2.66. The molecule has 0 radical (unpaired) electrons. The van der Waals surface area contributed by atoms with Gasteiger partial charge in [-0.2, -0.15) is 0 Å². The standard InChI is InChI=1S/C8H15N3S3/c12-9-1-7-2-10(13)5-8(7,4-9)6-11(14)3-7/h12-14H,1-6H2. The monoisotopic (exact) mass is 249 g/mol. The van der Waals surface area contributed by atoms with E-state index >= 15 is 0 Å². The Hall–Kier alpha value is 0.930. The third kappa shape index (κ3) is 1.15. The summed E-state index contributed by atoms with van der Waals surface area (Å²) >= 11 is 13.5. The molecule has 0 atom stereocenters. The summed E-state index contributed by atoms with van der Waals surface area (Å²) < 4.78 is 6.50. The lowest BCUT2D eigenvalue weighted by atomic mass is 9.71. The molecule has 80 valence electrons. The zero-order valence-corrected chi connectivity index (χ0v) is 10.6. The van der Waals surface area contributed by atoms with E-state index in [4.69, 9.17) is 0 Å². The van der Waals surface area contributed by atoms with Crippen LogP contribution in [0.4, 0.5) is 0 Å². The van der Waals surface area contributed by atoms with Crippen LogP contribution in [0.25, 0.3) is 0 Å². The molecule has 0 aromatic heterocycles. The Morgan fingerprint density at radius 2 is 0.786 bits per heavy atom. The molecule has 0 saturated carbocycles. The van der Waals surface area contributed by atoms with Crippen molar-refractivity contribution in [2.24, 2.45) is 10.8 Å². The van der Waals surface area contributed by atoms with E-state index in [1.165, 1.54) is 0 Å². The zero-order valence-electron chi connectivity index (χ0n) is 7.93. The quantitative estimate of drug-likeness (QED) is 0.538. The second kappa shape index (κ2) is 2.99. The third-order valence-corrected chi connectivity index (χ3v) is 4.88. The van der Waals surface area contributed by atoms with Crippen molar-refractivity contribution in [3.63, 3.8) is 0 Å². The van der Waals surface area contributed by atoms with Gasteiger partial charge >= 0.3 is 0 Å². The predicted octanol–water partition coefficient (Wildman–Crippen LogP) is 0.440. The van der Waals surface area contributed by atoms with Crippen molar-refractivity contribution in [2.75, 3.05) is 39.3 Å². The molecule has 0 aromatic rings. The first kappa shape index (κ1) is 10.1. The van der Waals surface area contributed by atoms with E-state index in [2.05, 4.69) is 51.4 Å². The molecule has 3 rings (SSSR count). The summed E-state index contributed by atoms with van der Waals surface area (Å²) in [7, 11) is 0. The number of nitrogens with zero attached hydrogens (tertiary/aromatic N) is 3. The topological polar surface area (TPSA) is 9.72 Å². The fraction of sp³-hybridized carbons (Fsp3) is 1.00. The van der Waals surface area contributed by atoms with Gasteiger partial charge in [-0.3, -0.25) is 12.9 Å². The summed E-state index contributed by atoms with van der Waals surface area (Å²) in [6.07, 6.45) is 0. The van der Waals surface area contributed by atoms with Gasteiger partial charge < -0.3 is 0 Å². The Labute approximate surface area is 101 Å². The molecule has 0 unspecified atom stereocenters. The number of rotatable bonds is 0. The number of hydrogen-bond donors (Lipinski definition) is 3. The van der Waals surface area contributed by atoms with E-state index in [0.717, 1.165) is 39.3 Å². The van der Waals surface area contributed by atoms with Gasteiger partial charge in [0.25, 0.3) is 0 Å². The second-order valence-electron chi connectivity index (χ2n) is 5.03. The summed E-state index contributed by atoms with van der Waals surface area (Å²) in [6.45, 7) is 6.44. The first-order valence-corrected chi connectivity index (χ1v) is 6.07. The minimum absolute atomic E-state index is 0.359. The van der Waals surface area contributed by atoms with Crippen LogP contribution in [0.1, 0.15) is 0 Å². The van der Waals surface area contributed by atoms with Crippen molar-refractivity contribution < 1.29 is 0 Å². The van der Waals surface area contributed by atoms with E-state index in [1.54, 1.807) is 0 Å². The van der Waals surface area contributed by atoms with Crippen LogP contribution >= 0.6 is 38.4 Å². The minimum Gasteiger partial charge on any atom is -0.252 e. The highest BCUT2D eigenvalue weighted by atomic mass is 32.1. The summed E-state index contributed by atoms with van der Waals surface area (Å²) in [6, 6.07) is 0. The van der Waals surface area contributed by atoms with Gasteiger partial charge in [0.15, 0.2) is 0 Å². The van der Waals surface area contributed by atoms with Crippen molar-refractivity contribution in [3.05, 3.63) is 0 Å². The molecule has 0 spiro atoms. The Bertz CT molecular complexity index is 210. The van der Waals surface area contributed by atoms with Crippen LogP contribution < -0.4 is 0 Å². The SMILES string of the molecule is SN1CC23CN(S)CC2(C1)CN(S)C3. The van der Waals surface area contributed by atoms with Crippen molar-refractivity contribution in [1.82, 2.24) is 12.9 Å². The average molecular weight is 249 g/mol. The van der Waals surface area contributed by atoms with Crippen LogP contribution in [-0.2, 0) is 0 Å². The van der Waals surface area contributed by atoms with Crippen LogP contribution in [0.3, 0.4) is 0 Å². The fourth-order valence-corrected chi connectivity index (χ4v) is 5.19. The molecule has 0 N–H and O–H groups in total. The van der Waals surface area contributed by atoms with Crippen LogP contribution in [0.5, 0.6) is 0 Å². The van der Waals surface area contributed by atoms with Crippen LogP contribution in [0.2, 0.25) is 0 Å². The van der Waals surface area contributed by atoms with Crippen LogP contribution in [-0.4, -0.2) is 52.2 Å². The number of thiol groups is 3. The molecule has 3 nitrogen and oxygen atoms in total. The normalized spacial score (nSPS) is 49.9. The van der Waals surface area contributed by atoms with Crippen LogP contribution in [0.15, 0.2) is 0 Å². The Morgan fingerprint density at radius 1 is 0.571 bits per heavy atom. The predicted molar refractivity (Wildman–Crippen MR) is 66.5 cm³/mol. The summed E-state index contributed by atoms with van der Waals surface area (Å²) in [5.74, 6) is 0. The molecule has 3 saturated heterocycles. The second-order valence-corrected chi connectivity index (χ2v) is 6.73. The molecule has 3 aliphatic heterocycles. The molecule has 6 heteroatoms. The van der Waals surface area contributed by atoms with Crippen molar-refractivity contribution in [1.29, 1.82) is 0 Å². The fourth-order valence-electron chi connectivity index (χ4n) is 3.57. The zero-order chi connectivity index (χ0) is 9.97. The molecule has 0 aromatic carbocycles. The Morgan fingerprint density at radius 3 is 1.00 bits per heavy atom. The smallest absolute Gasteiger partial charge is 0.0207 e. The maximum absolute atomic E-state index is 4.50. The van der Waals surface area contributed by atoms with Gasteiger partial charge in [0.1, 0.15) is 0 Å². The lowest BCUT2D eigenvalue weighted by Gasteiger charge is -2.28. The van der Waals surface area contributed by atoms with Gasteiger partial charge in [-0.15, -0.1) is 0 Å².